The summed E-state index contributed by atoms with van der Waals surface area (Å²) in [5.74, 6) is 1.96. The molecule has 0 unspecified atom stereocenters. The van der Waals surface area contributed by atoms with Gasteiger partial charge in [-0.25, -0.2) is 0 Å². The van der Waals surface area contributed by atoms with Gasteiger partial charge in [0.05, 0.1) is 0 Å². The molecule has 0 saturated carbocycles. The molecule has 1 nitrogen and oxygen atoms in total. The predicted octanol–water partition coefficient (Wildman–Crippen LogP) is 8.04. The Morgan fingerprint density at radius 1 is 0.920 bits per heavy atom. The Kier molecular flexibility index (Phi) is 24.0. The molecule has 0 aliphatic heterocycles. The van der Waals surface area contributed by atoms with Gasteiger partial charge in [0.15, 0.2) is 0 Å². The van der Waals surface area contributed by atoms with Crippen LogP contribution in [0.3, 0.4) is 0 Å². The molecule has 148 valence electrons. The number of benzene rings is 1. The van der Waals surface area contributed by atoms with Gasteiger partial charge in [0.25, 0.3) is 0 Å². The lowest BCUT2D eigenvalue weighted by Crippen LogP contribution is -1.91. The van der Waals surface area contributed by atoms with Crippen LogP contribution in [0.4, 0.5) is 0 Å². The predicted molar refractivity (Wildman–Crippen MR) is 116 cm³/mol. The number of carbonyl (C=O) groups is 1. The zero-order valence-corrected chi connectivity index (χ0v) is 18.9. The van der Waals surface area contributed by atoms with Crippen molar-refractivity contribution in [2.45, 2.75) is 101 Å². The molecule has 0 heterocycles. The highest BCUT2D eigenvalue weighted by Crippen LogP contribution is 2.10. The first-order valence-electron chi connectivity index (χ1n) is 10.1. The molecule has 1 aromatic rings. The SMILES string of the molecule is CC(C)=O.CC(C)C.CCCC(C)CCC.CCc1cccc(C)c1. The van der Waals surface area contributed by atoms with Crippen molar-refractivity contribution in [3.8, 4) is 0 Å². The smallest absolute Gasteiger partial charge is 0.126 e. The minimum atomic E-state index is 0.167. The van der Waals surface area contributed by atoms with Crippen molar-refractivity contribution in [3.63, 3.8) is 0 Å². The summed E-state index contributed by atoms with van der Waals surface area (Å²) in [7, 11) is 0. The van der Waals surface area contributed by atoms with Crippen LogP contribution in [0, 0.1) is 18.8 Å². The molecule has 0 amide bonds. The molecule has 25 heavy (non-hydrogen) atoms. The van der Waals surface area contributed by atoms with Crippen LogP contribution in [-0.2, 0) is 11.2 Å². The molecule has 0 radical (unpaired) electrons. The highest BCUT2D eigenvalue weighted by Gasteiger charge is 1.95. The second kappa shape index (κ2) is 20.9. The van der Waals surface area contributed by atoms with E-state index < -0.39 is 0 Å². The van der Waals surface area contributed by atoms with E-state index in [1.165, 1.54) is 50.7 Å². The van der Waals surface area contributed by atoms with Crippen LogP contribution in [0.15, 0.2) is 24.3 Å². The molecule has 1 aromatic carbocycles. The van der Waals surface area contributed by atoms with Crippen LogP contribution < -0.4 is 0 Å². The van der Waals surface area contributed by atoms with Crippen molar-refractivity contribution in [1.29, 1.82) is 0 Å². The number of carbonyl (C=O) groups excluding carboxylic acids is 1. The fourth-order valence-corrected chi connectivity index (χ4v) is 2.06. The maximum Gasteiger partial charge on any atom is 0.126 e. The molecule has 0 aromatic heterocycles. The van der Waals surface area contributed by atoms with E-state index in [1.807, 2.05) is 0 Å². The number of hydrogen-bond donors (Lipinski definition) is 0. The van der Waals surface area contributed by atoms with Gasteiger partial charge in [-0.15, -0.1) is 0 Å². The van der Waals surface area contributed by atoms with Crippen LogP contribution in [0.5, 0.6) is 0 Å². The van der Waals surface area contributed by atoms with Crippen LogP contribution in [0.25, 0.3) is 0 Å². The molecule has 0 saturated heterocycles. The van der Waals surface area contributed by atoms with Gasteiger partial charge in [0.2, 0.25) is 0 Å². The summed E-state index contributed by atoms with van der Waals surface area (Å²) < 4.78 is 0. The molecule has 0 bridgehead atoms. The van der Waals surface area contributed by atoms with Gasteiger partial charge in [-0.3, -0.25) is 0 Å². The normalized spacial score (nSPS) is 9.28. The van der Waals surface area contributed by atoms with Crippen molar-refractivity contribution in [2.75, 3.05) is 0 Å². The second-order valence-corrected chi connectivity index (χ2v) is 7.67. The average Bonchev–Trinajstić information content (AvgIpc) is 2.47. The van der Waals surface area contributed by atoms with Crippen LogP contribution in [0.2, 0.25) is 0 Å². The van der Waals surface area contributed by atoms with Gasteiger partial charge >= 0.3 is 0 Å². The lowest BCUT2D eigenvalue weighted by Gasteiger charge is -2.05. The summed E-state index contributed by atoms with van der Waals surface area (Å²) in [6, 6.07) is 8.61. The number of Topliss-reactive ketones (excluding diaryl/α,β-unsaturated/α-hetero) is 1. The standard InChI is InChI=1S/C9H12.C8H18.C4H10.C3H6O/c1-3-9-6-4-5-8(2)7-9;1-4-6-8(3)7-5-2;1-4(2)3;1-3(2)4/h4-7H,3H2,1-2H3;8H,4-7H2,1-3H3;4H,1-3H3;1-2H3. The zero-order chi connectivity index (χ0) is 20.3. The number of aryl methyl sites for hydroxylation is 2. The fourth-order valence-electron chi connectivity index (χ4n) is 2.06. The number of ketones is 1. The average molecular weight is 351 g/mol. The van der Waals surface area contributed by atoms with Gasteiger partial charge < -0.3 is 4.79 Å². The fraction of sp³-hybridized carbons (Fsp3) is 0.708. The third-order valence-electron chi connectivity index (χ3n) is 3.05. The quantitative estimate of drug-likeness (QED) is 0.525. The monoisotopic (exact) mass is 350 g/mol. The molecule has 0 fully saturated rings. The van der Waals surface area contributed by atoms with Crippen molar-refractivity contribution in [1.82, 2.24) is 0 Å². The van der Waals surface area contributed by atoms with Gasteiger partial charge in [-0.05, 0) is 44.6 Å². The molecule has 1 heteroatoms. The minimum absolute atomic E-state index is 0.167. The van der Waals surface area contributed by atoms with Crippen molar-refractivity contribution >= 4 is 5.78 Å². The number of hydrogen-bond acceptors (Lipinski definition) is 1. The first-order chi connectivity index (χ1) is 11.6. The molecule has 0 N–H and O–H groups in total. The van der Waals surface area contributed by atoms with E-state index in [-0.39, 0.29) is 5.78 Å². The molecular formula is C24H46O. The number of rotatable bonds is 5. The first-order valence-corrected chi connectivity index (χ1v) is 10.1. The van der Waals surface area contributed by atoms with E-state index in [9.17, 15) is 4.79 Å². The van der Waals surface area contributed by atoms with E-state index in [0.717, 1.165) is 18.3 Å². The highest BCUT2D eigenvalue weighted by molar-refractivity contribution is 5.72. The third kappa shape index (κ3) is 35.0. The van der Waals surface area contributed by atoms with E-state index in [1.54, 1.807) is 0 Å². The van der Waals surface area contributed by atoms with Gasteiger partial charge in [-0.2, -0.15) is 0 Å². The topological polar surface area (TPSA) is 17.1 Å². The Balaban J connectivity index is -0.000000277. The molecule has 0 atom stereocenters. The van der Waals surface area contributed by atoms with Crippen molar-refractivity contribution < 1.29 is 4.79 Å². The lowest BCUT2D eigenvalue weighted by molar-refractivity contribution is -0.114. The Hall–Kier alpha value is -1.11. The lowest BCUT2D eigenvalue weighted by atomic mass is 10.0. The van der Waals surface area contributed by atoms with Gasteiger partial charge in [0.1, 0.15) is 5.78 Å². The van der Waals surface area contributed by atoms with Crippen molar-refractivity contribution in [3.05, 3.63) is 35.4 Å². The first kappa shape index (κ1) is 28.7. The Bertz CT molecular complexity index is 380. The Morgan fingerprint density at radius 3 is 1.56 bits per heavy atom. The molecular weight excluding hydrogens is 304 g/mol. The van der Waals surface area contributed by atoms with Gasteiger partial charge in [0, 0.05) is 0 Å². The van der Waals surface area contributed by atoms with Crippen LogP contribution >= 0.6 is 0 Å². The van der Waals surface area contributed by atoms with E-state index in [0.29, 0.717) is 0 Å². The summed E-state index contributed by atoms with van der Waals surface area (Å²) in [5, 5.41) is 0. The summed E-state index contributed by atoms with van der Waals surface area (Å²) in [6.07, 6.45) is 6.66. The molecule has 1 rings (SSSR count). The maximum atomic E-state index is 9.44. The Labute approximate surface area is 159 Å². The largest absolute Gasteiger partial charge is 0.300 e. The van der Waals surface area contributed by atoms with Crippen LogP contribution in [0.1, 0.15) is 99.1 Å². The van der Waals surface area contributed by atoms with Crippen molar-refractivity contribution in [2.24, 2.45) is 11.8 Å². The van der Waals surface area contributed by atoms with E-state index in [2.05, 4.69) is 79.7 Å². The Morgan fingerprint density at radius 2 is 1.32 bits per heavy atom. The van der Waals surface area contributed by atoms with E-state index in [4.69, 9.17) is 0 Å². The maximum absolute atomic E-state index is 9.44. The van der Waals surface area contributed by atoms with Crippen LogP contribution in [-0.4, -0.2) is 5.78 Å². The summed E-state index contributed by atoms with van der Waals surface area (Å²) in [6.45, 7) is 20.7. The molecule has 0 aliphatic rings. The zero-order valence-electron chi connectivity index (χ0n) is 18.9. The third-order valence-corrected chi connectivity index (χ3v) is 3.05. The van der Waals surface area contributed by atoms with E-state index >= 15 is 0 Å². The minimum Gasteiger partial charge on any atom is -0.300 e. The van der Waals surface area contributed by atoms with Gasteiger partial charge in [-0.1, -0.05) is 104 Å². The summed E-state index contributed by atoms with van der Waals surface area (Å²) >= 11 is 0. The second-order valence-electron chi connectivity index (χ2n) is 7.67. The summed E-state index contributed by atoms with van der Waals surface area (Å²) in [5.41, 5.74) is 2.78. The molecule has 0 spiro atoms. The summed E-state index contributed by atoms with van der Waals surface area (Å²) in [4.78, 5) is 9.44. The molecule has 0 aliphatic carbocycles. The highest BCUT2D eigenvalue weighted by atomic mass is 16.1.